The van der Waals surface area contributed by atoms with Gasteiger partial charge in [-0.2, -0.15) is 0 Å². The molecule has 1 heterocycles. The van der Waals surface area contributed by atoms with Gasteiger partial charge in [0.05, 0.1) is 5.60 Å². The highest BCUT2D eigenvalue weighted by atomic mass is 127. The standard InChI is InChI=1S/C19H27N3O.HI/c1-19(8-5-9-23-19)12-22-18(20-2)21-11-16-15-10-13-6-3-4-7-14(13)17(15)16;/h3-4,6-7,15-17H,5,8-12H2,1-2H3,(H2,20,21,22);1H. The highest BCUT2D eigenvalue weighted by molar-refractivity contribution is 14.0. The molecule has 0 radical (unpaired) electrons. The number of fused-ring (bicyclic) bond motifs is 3. The Morgan fingerprint density at radius 2 is 2.17 bits per heavy atom. The zero-order valence-electron chi connectivity index (χ0n) is 14.5. The minimum atomic E-state index is -0.0351. The van der Waals surface area contributed by atoms with Gasteiger partial charge in [0, 0.05) is 26.7 Å². The second-order valence-corrected chi connectivity index (χ2v) is 7.47. The van der Waals surface area contributed by atoms with E-state index in [1.165, 1.54) is 6.42 Å². The second-order valence-electron chi connectivity index (χ2n) is 7.47. The van der Waals surface area contributed by atoms with Crippen molar-refractivity contribution in [3.8, 4) is 0 Å². The van der Waals surface area contributed by atoms with Gasteiger partial charge in [-0.15, -0.1) is 24.0 Å². The maximum absolute atomic E-state index is 5.83. The van der Waals surface area contributed by atoms with Crippen molar-refractivity contribution in [3.63, 3.8) is 0 Å². The summed E-state index contributed by atoms with van der Waals surface area (Å²) >= 11 is 0. The van der Waals surface area contributed by atoms with Crippen LogP contribution in [0.25, 0.3) is 0 Å². The maximum atomic E-state index is 5.83. The first kappa shape index (κ1) is 18.0. The number of hydrogen-bond acceptors (Lipinski definition) is 2. The zero-order valence-corrected chi connectivity index (χ0v) is 16.9. The molecule has 5 heteroatoms. The number of guanidine groups is 1. The summed E-state index contributed by atoms with van der Waals surface area (Å²) in [7, 11) is 1.84. The molecule has 4 rings (SSSR count). The van der Waals surface area contributed by atoms with Gasteiger partial charge in [0.1, 0.15) is 0 Å². The van der Waals surface area contributed by atoms with Crippen LogP contribution in [0.1, 0.15) is 36.8 Å². The fourth-order valence-corrected chi connectivity index (χ4v) is 4.44. The predicted octanol–water partition coefficient (Wildman–Crippen LogP) is 2.92. The van der Waals surface area contributed by atoms with Gasteiger partial charge in [-0.25, -0.2) is 0 Å². The summed E-state index contributed by atoms with van der Waals surface area (Å²) in [4.78, 5) is 4.36. The number of benzene rings is 1. The van der Waals surface area contributed by atoms with Crippen LogP contribution in [0.3, 0.4) is 0 Å². The molecule has 2 N–H and O–H groups in total. The Bertz CT molecular complexity index is 612. The molecule has 0 bridgehead atoms. The molecule has 24 heavy (non-hydrogen) atoms. The topological polar surface area (TPSA) is 45.7 Å². The van der Waals surface area contributed by atoms with Crippen LogP contribution in [0.2, 0.25) is 0 Å². The summed E-state index contributed by atoms with van der Waals surface area (Å²) < 4.78 is 5.83. The van der Waals surface area contributed by atoms with E-state index in [1.54, 1.807) is 11.1 Å². The van der Waals surface area contributed by atoms with Crippen molar-refractivity contribution < 1.29 is 4.74 Å². The van der Waals surface area contributed by atoms with E-state index >= 15 is 0 Å². The van der Waals surface area contributed by atoms with Crippen molar-refractivity contribution in [1.29, 1.82) is 0 Å². The largest absolute Gasteiger partial charge is 0.373 e. The number of halogens is 1. The predicted molar refractivity (Wildman–Crippen MR) is 108 cm³/mol. The Kier molecular flexibility index (Phi) is 5.39. The van der Waals surface area contributed by atoms with E-state index in [0.717, 1.165) is 56.3 Å². The molecule has 1 saturated carbocycles. The summed E-state index contributed by atoms with van der Waals surface area (Å²) in [5.41, 5.74) is 3.11. The highest BCUT2D eigenvalue weighted by Crippen LogP contribution is 2.60. The molecule has 1 aromatic carbocycles. The van der Waals surface area contributed by atoms with Crippen molar-refractivity contribution in [1.82, 2.24) is 10.6 Å². The number of aliphatic imine (C=N–C) groups is 1. The first-order valence-corrected chi connectivity index (χ1v) is 8.86. The van der Waals surface area contributed by atoms with Crippen molar-refractivity contribution in [2.75, 3.05) is 26.7 Å². The first-order valence-electron chi connectivity index (χ1n) is 8.86. The fraction of sp³-hybridized carbons (Fsp3) is 0.632. The SMILES string of the molecule is CN=C(NCC1C2Cc3ccccc3C12)NCC1(C)CCCO1.I. The summed E-state index contributed by atoms with van der Waals surface area (Å²) in [6.07, 6.45) is 3.54. The minimum Gasteiger partial charge on any atom is -0.373 e. The van der Waals surface area contributed by atoms with Gasteiger partial charge in [-0.3, -0.25) is 4.99 Å². The van der Waals surface area contributed by atoms with E-state index in [2.05, 4.69) is 46.8 Å². The van der Waals surface area contributed by atoms with Crippen molar-refractivity contribution >= 4 is 29.9 Å². The number of rotatable bonds is 4. The van der Waals surface area contributed by atoms with Crippen molar-refractivity contribution in [2.45, 2.75) is 37.7 Å². The summed E-state index contributed by atoms with van der Waals surface area (Å²) in [6, 6.07) is 8.93. The third-order valence-electron chi connectivity index (χ3n) is 5.86. The van der Waals surface area contributed by atoms with Gasteiger partial charge in [0.2, 0.25) is 0 Å². The Hall–Kier alpha value is -0.820. The summed E-state index contributed by atoms with van der Waals surface area (Å²) in [5.74, 6) is 3.28. The van der Waals surface area contributed by atoms with Gasteiger partial charge in [0.15, 0.2) is 5.96 Å². The number of nitrogens with zero attached hydrogens (tertiary/aromatic N) is 1. The molecule has 0 amide bonds. The third-order valence-corrected chi connectivity index (χ3v) is 5.86. The molecule has 3 aliphatic rings. The van der Waals surface area contributed by atoms with Crippen LogP contribution in [0.4, 0.5) is 0 Å². The third kappa shape index (κ3) is 3.43. The molecule has 1 aliphatic heterocycles. The van der Waals surface area contributed by atoms with E-state index in [4.69, 9.17) is 4.74 Å². The van der Waals surface area contributed by atoms with Crippen LogP contribution < -0.4 is 10.6 Å². The number of ether oxygens (including phenoxy) is 1. The van der Waals surface area contributed by atoms with E-state index in [-0.39, 0.29) is 29.6 Å². The molecule has 4 nitrogen and oxygen atoms in total. The van der Waals surface area contributed by atoms with Crippen LogP contribution in [0, 0.1) is 11.8 Å². The van der Waals surface area contributed by atoms with Gasteiger partial charge in [-0.05, 0) is 55.1 Å². The monoisotopic (exact) mass is 441 g/mol. The second kappa shape index (κ2) is 7.20. The lowest BCUT2D eigenvalue weighted by Crippen LogP contribution is -2.46. The van der Waals surface area contributed by atoms with E-state index < -0.39 is 0 Å². The normalized spacial score (nSPS) is 33.4. The van der Waals surface area contributed by atoms with Crippen LogP contribution in [-0.2, 0) is 11.2 Å². The first-order chi connectivity index (χ1) is 11.2. The van der Waals surface area contributed by atoms with Crippen molar-refractivity contribution in [2.24, 2.45) is 16.8 Å². The average Bonchev–Trinajstić information content (AvgIpc) is 2.90. The van der Waals surface area contributed by atoms with E-state index in [0.29, 0.717) is 0 Å². The molecule has 2 aliphatic carbocycles. The number of nitrogens with one attached hydrogen (secondary N) is 2. The van der Waals surface area contributed by atoms with Gasteiger partial charge in [0.25, 0.3) is 0 Å². The fourth-order valence-electron chi connectivity index (χ4n) is 4.44. The summed E-state index contributed by atoms with van der Waals surface area (Å²) in [6.45, 7) is 4.91. The molecule has 2 fully saturated rings. The lowest BCUT2D eigenvalue weighted by Gasteiger charge is -2.24. The van der Waals surface area contributed by atoms with Crippen LogP contribution >= 0.6 is 24.0 Å². The van der Waals surface area contributed by atoms with Crippen molar-refractivity contribution in [3.05, 3.63) is 35.4 Å². The molecule has 4 atom stereocenters. The van der Waals surface area contributed by atoms with Crippen LogP contribution in [0.15, 0.2) is 29.3 Å². The van der Waals surface area contributed by atoms with E-state index in [1.807, 2.05) is 7.05 Å². The Morgan fingerprint density at radius 1 is 1.33 bits per heavy atom. The highest BCUT2D eigenvalue weighted by Gasteiger charge is 2.54. The molecular weight excluding hydrogens is 413 g/mol. The van der Waals surface area contributed by atoms with Gasteiger partial charge >= 0.3 is 0 Å². The van der Waals surface area contributed by atoms with Gasteiger partial charge in [-0.1, -0.05) is 24.3 Å². The molecule has 1 saturated heterocycles. The summed E-state index contributed by atoms with van der Waals surface area (Å²) in [5, 5.41) is 6.95. The molecule has 132 valence electrons. The van der Waals surface area contributed by atoms with Crippen LogP contribution in [0.5, 0.6) is 0 Å². The molecule has 1 aromatic rings. The van der Waals surface area contributed by atoms with E-state index in [9.17, 15) is 0 Å². The maximum Gasteiger partial charge on any atom is 0.191 e. The lowest BCUT2D eigenvalue weighted by atomic mass is 10.0. The minimum absolute atomic E-state index is 0. The molecular formula is C19H28IN3O. The molecule has 0 spiro atoms. The van der Waals surface area contributed by atoms with Gasteiger partial charge < -0.3 is 15.4 Å². The van der Waals surface area contributed by atoms with Crippen LogP contribution in [-0.4, -0.2) is 38.3 Å². The Labute approximate surface area is 161 Å². The average molecular weight is 441 g/mol. The Balaban J connectivity index is 0.00000169. The lowest BCUT2D eigenvalue weighted by molar-refractivity contribution is 0.0243. The Morgan fingerprint density at radius 3 is 2.92 bits per heavy atom. The molecule has 4 unspecified atom stereocenters. The number of hydrogen-bond donors (Lipinski definition) is 2. The quantitative estimate of drug-likeness (QED) is 0.429. The zero-order chi connectivity index (χ0) is 15.9. The smallest absolute Gasteiger partial charge is 0.191 e. The molecule has 0 aromatic heterocycles.